The summed E-state index contributed by atoms with van der Waals surface area (Å²) in [6.07, 6.45) is 5.37. The first-order valence-electron chi connectivity index (χ1n) is 6.83. The molecule has 0 saturated heterocycles. The molecule has 0 aliphatic rings. The first-order valence-corrected chi connectivity index (χ1v) is 7.62. The molecule has 2 heterocycles. The van der Waals surface area contributed by atoms with Crippen molar-refractivity contribution in [3.63, 3.8) is 0 Å². The first-order chi connectivity index (χ1) is 10.6. The number of hydrogen-bond donors (Lipinski definition) is 1. The van der Waals surface area contributed by atoms with Gasteiger partial charge in [-0.25, -0.2) is 0 Å². The molecule has 1 amide bonds. The Hall–Kier alpha value is -2.34. The van der Waals surface area contributed by atoms with Crippen LogP contribution in [-0.4, -0.2) is 20.3 Å². The largest absolute Gasteiger partial charge is 0.348 e. The van der Waals surface area contributed by atoms with Gasteiger partial charge in [-0.15, -0.1) is 0 Å². The SMILES string of the molecule is Cn1ncc(C(=O)NCc2cccc(Br)c2)c1-n1cccc1. The van der Waals surface area contributed by atoms with Crippen LogP contribution in [0.2, 0.25) is 0 Å². The van der Waals surface area contributed by atoms with Crippen molar-refractivity contribution >= 4 is 21.8 Å². The monoisotopic (exact) mass is 358 g/mol. The quantitative estimate of drug-likeness (QED) is 0.779. The van der Waals surface area contributed by atoms with Gasteiger partial charge in [-0.05, 0) is 29.8 Å². The second-order valence-corrected chi connectivity index (χ2v) is 5.82. The van der Waals surface area contributed by atoms with Gasteiger partial charge in [-0.2, -0.15) is 5.10 Å². The lowest BCUT2D eigenvalue weighted by molar-refractivity contribution is 0.0951. The van der Waals surface area contributed by atoms with Gasteiger partial charge in [0.05, 0.1) is 6.20 Å². The molecule has 1 N–H and O–H groups in total. The maximum atomic E-state index is 12.4. The van der Waals surface area contributed by atoms with Crippen molar-refractivity contribution in [1.29, 1.82) is 0 Å². The number of carbonyl (C=O) groups is 1. The number of halogens is 1. The van der Waals surface area contributed by atoms with Gasteiger partial charge in [-0.1, -0.05) is 28.1 Å². The molecule has 0 unspecified atom stereocenters. The minimum absolute atomic E-state index is 0.142. The van der Waals surface area contributed by atoms with Crippen LogP contribution >= 0.6 is 15.9 Å². The first kappa shape index (κ1) is 14.6. The summed E-state index contributed by atoms with van der Waals surface area (Å²) in [6, 6.07) is 11.7. The summed E-state index contributed by atoms with van der Waals surface area (Å²) in [5, 5.41) is 7.12. The number of amides is 1. The summed E-state index contributed by atoms with van der Waals surface area (Å²) in [6.45, 7) is 0.471. The zero-order valence-electron chi connectivity index (χ0n) is 12.0. The molecule has 0 bridgehead atoms. The van der Waals surface area contributed by atoms with Crippen LogP contribution < -0.4 is 5.32 Å². The predicted molar refractivity (Wildman–Crippen MR) is 87.8 cm³/mol. The van der Waals surface area contributed by atoms with E-state index >= 15 is 0 Å². The smallest absolute Gasteiger partial charge is 0.256 e. The molecule has 0 spiro atoms. The van der Waals surface area contributed by atoms with Crippen LogP contribution in [0.5, 0.6) is 0 Å². The number of carbonyl (C=O) groups excluding carboxylic acids is 1. The summed E-state index contributed by atoms with van der Waals surface area (Å²) >= 11 is 3.43. The maximum absolute atomic E-state index is 12.4. The van der Waals surface area contributed by atoms with Crippen LogP contribution in [0.4, 0.5) is 0 Å². The Balaban J connectivity index is 1.79. The highest BCUT2D eigenvalue weighted by molar-refractivity contribution is 9.10. The molecule has 0 saturated carbocycles. The highest BCUT2D eigenvalue weighted by Gasteiger charge is 2.16. The van der Waals surface area contributed by atoms with Gasteiger partial charge in [-0.3, -0.25) is 9.48 Å². The van der Waals surface area contributed by atoms with Gasteiger partial charge in [0.1, 0.15) is 11.4 Å². The fourth-order valence-corrected chi connectivity index (χ4v) is 2.74. The van der Waals surface area contributed by atoms with Gasteiger partial charge in [0.15, 0.2) is 0 Å². The van der Waals surface area contributed by atoms with Crippen LogP contribution in [0.1, 0.15) is 15.9 Å². The number of hydrogen-bond acceptors (Lipinski definition) is 2. The summed E-state index contributed by atoms with van der Waals surface area (Å²) < 4.78 is 4.56. The van der Waals surface area contributed by atoms with Crippen LogP contribution in [0.3, 0.4) is 0 Å². The van der Waals surface area contributed by atoms with Crippen molar-refractivity contribution < 1.29 is 4.79 Å². The minimum Gasteiger partial charge on any atom is -0.348 e. The Bertz CT molecular complexity index is 792. The number of benzene rings is 1. The third-order valence-electron chi connectivity index (χ3n) is 3.34. The van der Waals surface area contributed by atoms with Crippen molar-refractivity contribution in [1.82, 2.24) is 19.7 Å². The molecule has 5 nitrogen and oxygen atoms in total. The van der Waals surface area contributed by atoms with E-state index in [1.165, 1.54) is 0 Å². The van der Waals surface area contributed by atoms with Crippen LogP contribution in [0.15, 0.2) is 59.5 Å². The molecule has 6 heteroatoms. The molecular formula is C16H15BrN4O. The Morgan fingerprint density at radius 2 is 2.05 bits per heavy atom. The molecule has 3 aromatic rings. The maximum Gasteiger partial charge on any atom is 0.256 e. The standard InChI is InChI=1S/C16H15BrN4O/c1-20-16(21-7-2-3-8-21)14(11-19-20)15(22)18-10-12-5-4-6-13(17)9-12/h2-9,11H,10H2,1H3,(H,18,22). The molecule has 0 atom stereocenters. The van der Waals surface area contributed by atoms with Gasteiger partial charge in [0, 0.05) is 30.5 Å². The molecule has 112 valence electrons. The van der Waals surface area contributed by atoms with Crippen LogP contribution in [-0.2, 0) is 13.6 Å². The van der Waals surface area contributed by atoms with Crippen molar-refractivity contribution in [2.75, 3.05) is 0 Å². The van der Waals surface area contributed by atoms with E-state index in [-0.39, 0.29) is 5.91 Å². The molecule has 0 aliphatic heterocycles. The minimum atomic E-state index is -0.142. The Morgan fingerprint density at radius 3 is 2.77 bits per heavy atom. The zero-order valence-corrected chi connectivity index (χ0v) is 13.6. The van der Waals surface area contributed by atoms with Gasteiger partial charge in [0.25, 0.3) is 5.91 Å². The molecule has 0 aliphatic carbocycles. The number of aromatic nitrogens is 3. The highest BCUT2D eigenvalue weighted by Crippen LogP contribution is 2.15. The molecule has 1 aromatic carbocycles. The Kier molecular flexibility index (Phi) is 4.11. The van der Waals surface area contributed by atoms with E-state index in [4.69, 9.17) is 0 Å². The summed E-state index contributed by atoms with van der Waals surface area (Å²) in [4.78, 5) is 12.4. The van der Waals surface area contributed by atoms with E-state index in [1.54, 1.807) is 10.9 Å². The van der Waals surface area contributed by atoms with Gasteiger partial charge in [0.2, 0.25) is 0 Å². The molecule has 0 radical (unpaired) electrons. The normalized spacial score (nSPS) is 10.6. The molecule has 0 fully saturated rings. The molecule has 2 aromatic heterocycles. The third kappa shape index (κ3) is 2.96. The average molecular weight is 359 g/mol. The molecular weight excluding hydrogens is 344 g/mol. The van der Waals surface area contributed by atoms with E-state index in [0.717, 1.165) is 15.9 Å². The number of nitrogens with zero attached hydrogens (tertiary/aromatic N) is 3. The third-order valence-corrected chi connectivity index (χ3v) is 3.84. The van der Waals surface area contributed by atoms with Crippen molar-refractivity contribution in [2.45, 2.75) is 6.54 Å². The number of rotatable bonds is 4. The topological polar surface area (TPSA) is 51.9 Å². The average Bonchev–Trinajstić information content (AvgIpc) is 3.14. The number of aryl methyl sites for hydroxylation is 1. The zero-order chi connectivity index (χ0) is 15.5. The van der Waals surface area contributed by atoms with E-state index in [9.17, 15) is 4.79 Å². The Morgan fingerprint density at radius 1 is 1.27 bits per heavy atom. The second-order valence-electron chi connectivity index (χ2n) is 4.91. The van der Waals surface area contributed by atoms with Gasteiger partial charge >= 0.3 is 0 Å². The summed E-state index contributed by atoms with van der Waals surface area (Å²) in [5.41, 5.74) is 1.59. The summed E-state index contributed by atoms with van der Waals surface area (Å²) in [7, 11) is 1.82. The lowest BCUT2D eigenvalue weighted by atomic mass is 10.2. The molecule has 3 rings (SSSR count). The van der Waals surface area contributed by atoms with Crippen molar-refractivity contribution in [3.8, 4) is 5.82 Å². The highest BCUT2D eigenvalue weighted by atomic mass is 79.9. The van der Waals surface area contributed by atoms with E-state index in [2.05, 4.69) is 26.3 Å². The van der Waals surface area contributed by atoms with Crippen LogP contribution in [0, 0.1) is 0 Å². The van der Waals surface area contributed by atoms with Gasteiger partial charge < -0.3 is 9.88 Å². The van der Waals surface area contributed by atoms with E-state index in [1.807, 2.05) is 60.4 Å². The Labute approximate surface area is 136 Å². The fourth-order valence-electron chi connectivity index (χ4n) is 2.30. The van der Waals surface area contributed by atoms with E-state index in [0.29, 0.717) is 12.1 Å². The summed E-state index contributed by atoms with van der Waals surface area (Å²) in [5.74, 6) is 0.605. The fraction of sp³-hybridized carbons (Fsp3) is 0.125. The lowest BCUT2D eigenvalue weighted by Gasteiger charge is -2.08. The number of nitrogens with one attached hydrogen (secondary N) is 1. The van der Waals surface area contributed by atoms with E-state index < -0.39 is 0 Å². The van der Waals surface area contributed by atoms with Crippen molar-refractivity contribution in [3.05, 3.63) is 70.6 Å². The lowest BCUT2D eigenvalue weighted by Crippen LogP contribution is -2.24. The van der Waals surface area contributed by atoms with Crippen LogP contribution in [0.25, 0.3) is 5.82 Å². The molecule has 22 heavy (non-hydrogen) atoms. The van der Waals surface area contributed by atoms with Crippen molar-refractivity contribution in [2.24, 2.45) is 7.05 Å². The predicted octanol–water partition coefficient (Wildman–Crippen LogP) is 2.90. The second kappa shape index (κ2) is 6.19.